The first-order valence-corrected chi connectivity index (χ1v) is 7.86. The Morgan fingerprint density at radius 3 is 1.79 bits per heavy atom. The van der Waals surface area contributed by atoms with Gasteiger partial charge >= 0.3 is 118 Å². The van der Waals surface area contributed by atoms with Crippen LogP contribution in [0.1, 0.15) is 0 Å². The zero-order valence-corrected chi connectivity index (χ0v) is 23.3. The average molecular weight is 428 g/mol. The predicted molar refractivity (Wildman–Crippen MR) is 49.0 cm³/mol. The standard InChI is InChI=1S/C6H14O12P2.4Na/c7-2-6(18-20(13,14)15)5(9)4(8)3(17-6)1-16-19(10,11)12;;;;/h3-5,7-9H,1-2H2,(H2,10,11,12)(H2,13,14,15);;;;/q;4*+1/p-4/t3-,4+,5+,6+;;;;/m0..../s1. The van der Waals surface area contributed by atoms with E-state index in [0.717, 1.165) is 0 Å². The van der Waals surface area contributed by atoms with E-state index < -0.39 is 53.0 Å². The van der Waals surface area contributed by atoms with Crippen molar-refractivity contribution in [1.82, 2.24) is 0 Å². The van der Waals surface area contributed by atoms with Gasteiger partial charge in [-0.25, -0.2) is 0 Å². The van der Waals surface area contributed by atoms with Crippen LogP contribution in [0.15, 0.2) is 0 Å². The Morgan fingerprint density at radius 1 is 1.00 bits per heavy atom. The molecule has 24 heavy (non-hydrogen) atoms. The number of phosphoric ester groups is 2. The summed E-state index contributed by atoms with van der Waals surface area (Å²) < 4.78 is 33.1. The van der Waals surface area contributed by atoms with Crippen molar-refractivity contribution in [3.05, 3.63) is 0 Å². The first-order valence-electron chi connectivity index (χ1n) is 4.94. The summed E-state index contributed by atoms with van der Waals surface area (Å²) in [5.74, 6) is -2.80. The molecule has 0 amide bonds. The van der Waals surface area contributed by atoms with Crippen LogP contribution in [0.2, 0.25) is 0 Å². The van der Waals surface area contributed by atoms with Crippen LogP contribution in [0.5, 0.6) is 0 Å². The van der Waals surface area contributed by atoms with E-state index in [1.807, 2.05) is 0 Å². The van der Waals surface area contributed by atoms with E-state index in [0.29, 0.717) is 0 Å². The molecule has 0 aliphatic carbocycles. The molecule has 1 aliphatic heterocycles. The zero-order valence-electron chi connectivity index (χ0n) is 13.6. The second-order valence-electron chi connectivity index (χ2n) is 3.84. The molecule has 12 nitrogen and oxygen atoms in total. The Hall–Kier alpha value is 4.06. The van der Waals surface area contributed by atoms with Crippen LogP contribution in [0.3, 0.4) is 0 Å². The summed E-state index contributed by atoms with van der Waals surface area (Å²) in [6.45, 7) is -2.42. The van der Waals surface area contributed by atoms with Crippen molar-refractivity contribution in [2.24, 2.45) is 0 Å². The van der Waals surface area contributed by atoms with Gasteiger partial charge in [-0.15, -0.1) is 0 Å². The molecule has 3 N–H and O–H groups in total. The number of hydrogen-bond acceptors (Lipinski definition) is 12. The normalized spacial score (nSPS) is 29.5. The van der Waals surface area contributed by atoms with Crippen molar-refractivity contribution >= 4 is 15.6 Å². The largest absolute Gasteiger partial charge is 1.00 e. The van der Waals surface area contributed by atoms with Crippen LogP contribution in [-0.2, 0) is 22.9 Å². The number of phosphoric acid groups is 2. The van der Waals surface area contributed by atoms with Crippen molar-refractivity contribution in [3.63, 3.8) is 0 Å². The van der Waals surface area contributed by atoms with Gasteiger partial charge in [-0.3, -0.25) is 0 Å². The Morgan fingerprint density at radius 2 is 1.46 bits per heavy atom. The van der Waals surface area contributed by atoms with Gasteiger partial charge in [0.15, 0.2) is 0 Å². The van der Waals surface area contributed by atoms with Crippen LogP contribution >= 0.6 is 15.6 Å². The first kappa shape index (κ1) is 35.5. The monoisotopic (exact) mass is 428 g/mol. The van der Waals surface area contributed by atoms with Crippen molar-refractivity contribution in [1.29, 1.82) is 0 Å². The van der Waals surface area contributed by atoms with Gasteiger partial charge in [0, 0.05) is 0 Å². The molecule has 120 valence electrons. The molecule has 1 fully saturated rings. The third-order valence-electron chi connectivity index (χ3n) is 2.39. The van der Waals surface area contributed by atoms with Gasteiger partial charge in [-0.05, 0) is 0 Å². The molecule has 18 heteroatoms. The Balaban J connectivity index is -0.000000500. The second kappa shape index (κ2) is 14.1. The van der Waals surface area contributed by atoms with Crippen molar-refractivity contribution in [3.8, 4) is 0 Å². The van der Waals surface area contributed by atoms with E-state index in [9.17, 15) is 38.9 Å². The fourth-order valence-electron chi connectivity index (χ4n) is 1.58. The molecule has 1 saturated heterocycles. The summed E-state index contributed by atoms with van der Waals surface area (Å²) in [6, 6.07) is 0. The Labute approximate surface area is 225 Å². The number of rotatable bonds is 6. The van der Waals surface area contributed by atoms with Gasteiger partial charge in [-0.1, -0.05) is 0 Å². The molecule has 0 spiro atoms. The Kier molecular flexibility index (Phi) is 20.9. The summed E-state index contributed by atoms with van der Waals surface area (Å²) >= 11 is 0. The molecule has 1 aliphatic rings. The molecule has 1 heterocycles. The average Bonchev–Trinajstić information content (AvgIpc) is 2.49. The molecular formula is C6H10Na4O12P2. The number of ether oxygens (including phenoxy) is 1. The first-order chi connectivity index (χ1) is 8.90. The van der Waals surface area contributed by atoms with E-state index in [4.69, 9.17) is 5.11 Å². The van der Waals surface area contributed by atoms with E-state index in [1.165, 1.54) is 0 Å². The maximum Gasteiger partial charge on any atom is 1.00 e. The van der Waals surface area contributed by atoms with E-state index in [1.54, 1.807) is 0 Å². The number of hydrogen-bond donors (Lipinski definition) is 3. The summed E-state index contributed by atoms with van der Waals surface area (Å²) in [5, 5.41) is 28.0. The number of aliphatic hydroxyl groups excluding tert-OH is 3. The van der Waals surface area contributed by atoms with Crippen molar-refractivity contribution < 1.29 is 176 Å². The molecule has 0 radical (unpaired) electrons. The van der Waals surface area contributed by atoms with E-state index >= 15 is 0 Å². The molecule has 0 aromatic heterocycles. The molecule has 0 aromatic rings. The number of aliphatic hydroxyl groups is 3. The fourth-order valence-corrected chi connectivity index (χ4v) is 2.50. The molecule has 0 aromatic carbocycles. The molecular weight excluding hydrogens is 418 g/mol. The third kappa shape index (κ3) is 11.3. The predicted octanol–water partition coefficient (Wildman–Crippen LogP) is -17.5. The van der Waals surface area contributed by atoms with Crippen LogP contribution in [0.4, 0.5) is 0 Å². The van der Waals surface area contributed by atoms with Crippen LogP contribution in [-0.4, -0.2) is 52.6 Å². The summed E-state index contributed by atoms with van der Waals surface area (Å²) in [6.07, 6.45) is -5.89. The van der Waals surface area contributed by atoms with Crippen LogP contribution in [0, 0.1) is 0 Å². The van der Waals surface area contributed by atoms with Gasteiger partial charge in [0.1, 0.15) is 24.9 Å². The smallest absolute Gasteiger partial charge is 0.790 e. The van der Waals surface area contributed by atoms with E-state index in [2.05, 4.69) is 13.8 Å². The zero-order chi connectivity index (χ0) is 15.8. The molecule has 1 rings (SSSR count). The van der Waals surface area contributed by atoms with Gasteiger partial charge in [0.2, 0.25) is 5.79 Å². The minimum absolute atomic E-state index is 0. The third-order valence-corrected chi connectivity index (χ3v) is 3.39. The van der Waals surface area contributed by atoms with Crippen LogP contribution < -0.4 is 138 Å². The Bertz CT molecular complexity index is 443. The van der Waals surface area contributed by atoms with Gasteiger partial charge < -0.3 is 57.8 Å². The van der Waals surface area contributed by atoms with Gasteiger partial charge in [0.05, 0.1) is 22.3 Å². The minimum atomic E-state index is -5.71. The second-order valence-corrected chi connectivity index (χ2v) is 6.07. The van der Waals surface area contributed by atoms with Gasteiger partial charge in [-0.2, -0.15) is 0 Å². The fraction of sp³-hybridized carbons (Fsp3) is 1.00. The molecule has 0 unspecified atom stereocenters. The van der Waals surface area contributed by atoms with Crippen LogP contribution in [0.25, 0.3) is 0 Å². The molecule has 4 atom stereocenters. The van der Waals surface area contributed by atoms with Crippen molar-refractivity contribution in [2.75, 3.05) is 13.2 Å². The SMILES string of the molecule is O=P([O-])([O-])OC[C@@H]1O[C@](CO)(OP(=O)([O-])[O-])[C@H](O)[C@@H]1O.[Na+].[Na+].[Na+].[Na+]. The van der Waals surface area contributed by atoms with E-state index in [-0.39, 0.29) is 118 Å². The summed E-state index contributed by atoms with van der Waals surface area (Å²) in [4.78, 5) is 41.6. The summed E-state index contributed by atoms with van der Waals surface area (Å²) in [5.41, 5.74) is 0. The molecule has 0 saturated carbocycles. The summed E-state index contributed by atoms with van der Waals surface area (Å²) in [7, 11) is -11.1. The quantitative estimate of drug-likeness (QED) is 0.266. The van der Waals surface area contributed by atoms with Crippen molar-refractivity contribution in [2.45, 2.75) is 24.1 Å². The molecule has 0 bridgehead atoms. The maximum absolute atomic E-state index is 10.5. The van der Waals surface area contributed by atoms with Gasteiger partial charge in [0.25, 0.3) is 0 Å². The minimum Gasteiger partial charge on any atom is -0.790 e. The topological polar surface area (TPSA) is 215 Å². The maximum atomic E-state index is 10.5.